The summed E-state index contributed by atoms with van der Waals surface area (Å²) in [5.41, 5.74) is 8.76. The highest BCUT2D eigenvalue weighted by molar-refractivity contribution is 6.30. The van der Waals surface area contributed by atoms with Crippen molar-refractivity contribution in [2.45, 2.75) is 13.0 Å². The average molecular weight is 277 g/mol. The maximum absolute atomic E-state index is 10.8. The van der Waals surface area contributed by atoms with Gasteiger partial charge in [0.05, 0.1) is 11.0 Å². The van der Waals surface area contributed by atoms with E-state index >= 15 is 0 Å². The summed E-state index contributed by atoms with van der Waals surface area (Å²) in [6, 6.07) is 11.5. The summed E-state index contributed by atoms with van der Waals surface area (Å²) >= 11 is 5.83. The minimum absolute atomic E-state index is 0.0463. The van der Waals surface area contributed by atoms with Gasteiger partial charge in [0.1, 0.15) is 0 Å². The number of nitro groups is 1. The molecule has 1 atom stereocenters. The molecule has 0 saturated carbocycles. The van der Waals surface area contributed by atoms with Crippen LogP contribution in [-0.4, -0.2) is 4.92 Å². The number of hydrogen-bond donors (Lipinski definition) is 1. The van der Waals surface area contributed by atoms with Crippen LogP contribution in [0.3, 0.4) is 0 Å². The second kappa shape index (κ2) is 5.38. The van der Waals surface area contributed by atoms with Gasteiger partial charge in [-0.2, -0.15) is 0 Å². The first-order valence-corrected chi connectivity index (χ1v) is 6.13. The third-order valence-corrected chi connectivity index (χ3v) is 3.29. The van der Waals surface area contributed by atoms with E-state index in [2.05, 4.69) is 0 Å². The topological polar surface area (TPSA) is 69.2 Å². The summed E-state index contributed by atoms with van der Waals surface area (Å²) in [7, 11) is 0. The molecular weight excluding hydrogens is 264 g/mol. The maximum Gasteiger partial charge on any atom is 0.269 e. The molecule has 2 rings (SSSR count). The van der Waals surface area contributed by atoms with Crippen molar-refractivity contribution in [3.8, 4) is 0 Å². The average Bonchev–Trinajstić information content (AvgIpc) is 2.39. The van der Waals surface area contributed by atoms with Crippen LogP contribution < -0.4 is 5.73 Å². The highest BCUT2D eigenvalue weighted by Crippen LogP contribution is 2.27. The van der Waals surface area contributed by atoms with E-state index < -0.39 is 11.0 Å². The number of non-ortho nitro benzene ring substituents is 1. The van der Waals surface area contributed by atoms with Crippen molar-refractivity contribution in [2.24, 2.45) is 5.73 Å². The second-order valence-electron chi connectivity index (χ2n) is 4.33. The Morgan fingerprint density at radius 1 is 1.21 bits per heavy atom. The Hall–Kier alpha value is -1.91. The van der Waals surface area contributed by atoms with Crippen molar-refractivity contribution < 1.29 is 4.92 Å². The van der Waals surface area contributed by atoms with Crippen molar-refractivity contribution in [1.29, 1.82) is 0 Å². The Bertz CT molecular complexity index is 611. The van der Waals surface area contributed by atoms with Crippen molar-refractivity contribution in [3.05, 3.63) is 74.3 Å². The van der Waals surface area contributed by atoms with Gasteiger partial charge in [-0.1, -0.05) is 29.8 Å². The molecular formula is C14H13ClN2O2. The first-order chi connectivity index (χ1) is 8.99. The van der Waals surface area contributed by atoms with Gasteiger partial charge in [0.25, 0.3) is 5.69 Å². The fraction of sp³-hybridized carbons (Fsp3) is 0.143. The van der Waals surface area contributed by atoms with Crippen molar-refractivity contribution in [3.63, 3.8) is 0 Å². The first kappa shape index (κ1) is 13.5. The molecule has 0 heterocycles. The molecule has 0 aliphatic heterocycles. The minimum atomic E-state index is -0.419. The van der Waals surface area contributed by atoms with Gasteiger partial charge in [-0.15, -0.1) is 0 Å². The third kappa shape index (κ3) is 2.92. The standard InChI is InChI=1S/C14H13ClN2O2/c1-9-2-7-12(17(18)19)8-13(9)14(16)10-3-5-11(15)6-4-10/h2-8,14H,16H2,1H3. The van der Waals surface area contributed by atoms with Gasteiger partial charge in [-0.05, 0) is 35.7 Å². The molecule has 0 saturated heterocycles. The molecule has 2 N–H and O–H groups in total. The lowest BCUT2D eigenvalue weighted by molar-refractivity contribution is -0.384. The van der Waals surface area contributed by atoms with Gasteiger partial charge in [0.2, 0.25) is 0 Å². The van der Waals surface area contributed by atoms with Crippen LogP contribution in [0.5, 0.6) is 0 Å². The van der Waals surface area contributed by atoms with Gasteiger partial charge in [0, 0.05) is 17.2 Å². The van der Waals surface area contributed by atoms with Crippen LogP contribution in [0.4, 0.5) is 5.69 Å². The van der Waals surface area contributed by atoms with Crippen molar-refractivity contribution in [1.82, 2.24) is 0 Å². The molecule has 0 spiro atoms. The molecule has 98 valence electrons. The maximum atomic E-state index is 10.8. The van der Waals surface area contributed by atoms with E-state index in [1.54, 1.807) is 18.2 Å². The summed E-state index contributed by atoms with van der Waals surface area (Å²) < 4.78 is 0. The fourth-order valence-electron chi connectivity index (χ4n) is 1.93. The number of benzene rings is 2. The highest BCUT2D eigenvalue weighted by Gasteiger charge is 2.15. The van der Waals surface area contributed by atoms with Gasteiger partial charge in [-0.3, -0.25) is 10.1 Å². The van der Waals surface area contributed by atoms with Crippen LogP contribution in [0.1, 0.15) is 22.7 Å². The van der Waals surface area contributed by atoms with E-state index in [1.807, 2.05) is 19.1 Å². The number of nitrogens with two attached hydrogens (primary N) is 1. The molecule has 0 amide bonds. The Morgan fingerprint density at radius 3 is 2.42 bits per heavy atom. The lowest BCUT2D eigenvalue weighted by Crippen LogP contribution is -2.13. The smallest absolute Gasteiger partial charge is 0.269 e. The summed E-state index contributed by atoms with van der Waals surface area (Å²) in [6.07, 6.45) is 0. The minimum Gasteiger partial charge on any atom is -0.320 e. The molecule has 5 heteroatoms. The number of nitrogens with zero attached hydrogens (tertiary/aromatic N) is 1. The molecule has 0 radical (unpaired) electrons. The van der Waals surface area contributed by atoms with E-state index in [0.717, 1.165) is 16.7 Å². The van der Waals surface area contributed by atoms with Gasteiger partial charge < -0.3 is 5.73 Å². The van der Waals surface area contributed by atoms with Crippen molar-refractivity contribution in [2.75, 3.05) is 0 Å². The normalized spacial score (nSPS) is 12.2. The lowest BCUT2D eigenvalue weighted by atomic mass is 9.95. The van der Waals surface area contributed by atoms with E-state index in [4.69, 9.17) is 17.3 Å². The van der Waals surface area contributed by atoms with Crippen LogP contribution in [0.15, 0.2) is 42.5 Å². The molecule has 2 aromatic rings. The zero-order valence-electron chi connectivity index (χ0n) is 10.3. The molecule has 0 aromatic heterocycles. The number of rotatable bonds is 3. The fourth-order valence-corrected chi connectivity index (χ4v) is 2.05. The quantitative estimate of drug-likeness (QED) is 0.688. The summed E-state index contributed by atoms with van der Waals surface area (Å²) in [5.74, 6) is 0. The number of nitro benzene ring substituents is 1. The number of hydrogen-bond acceptors (Lipinski definition) is 3. The molecule has 0 bridgehead atoms. The molecule has 1 unspecified atom stereocenters. The Labute approximate surface area is 116 Å². The van der Waals surface area contributed by atoms with Gasteiger partial charge >= 0.3 is 0 Å². The van der Waals surface area contributed by atoms with E-state index in [-0.39, 0.29) is 5.69 Å². The zero-order valence-corrected chi connectivity index (χ0v) is 11.1. The highest BCUT2D eigenvalue weighted by atomic mass is 35.5. The van der Waals surface area contributed by atoms with Gasteiger partial charge in [-0.25, -0.2) is 0 Å². The van der Waals surface area contributed by atoms with E-state index in [0.29, 0.717) is 5.02 Å². The first-order valence-electron chi connectivity index (χ1n) is 5.75. The van der Waals surface area contributed by atoms with Crippen molar-refractivity contribution >= 4 is 17.3 Å². The number of halogens is 1. The second-order valence-corrected chi connectivity index (χ2v) is 4.76. The predicted molar refractivity (Wildman–Crippen MR) is 75.3 cm³/mol. The molecule has 19 heavy (non-hydrogen) atoms. The van der Waals surface area contributed by atoms with E-state index in [1.165, 1.54) is 12.1 Å². The van der Waals surface area contributed by atoms with Crippen LogP contribution in [-0.2, 0) is 0 Å². The van der Waals surface area contributed by atoms with Crippen LogP contribution in [0.25, 0.3) is 0 Å². The predicted octanol–water partition coefficient (Wildman–Crippen LogP) is 3.60. The molecule has 2 aromatic carbocycles. The molecule has 0 fully saturated rings. The van der Waals surface area contributed by atoms with E-state index in [9.17, 15) is 10.1 Å². The largest absolute Gasteiger partial charge is 0.320 e. The van der Waals surface area contributed by atoms with Crippen LogP contribution >= 0.6 is 11.6 Å². The summed E-state index contributed by atoms with van der Waals surface area (Å²) in [6.45, 7) is 1.88. The third-order valence-electron chi connectivity index (χ3n) is 3.04. The lowest BCUT2D eigenvalue weighted by Gasteiger charge is -2.15. The van der Waals surface area contributed by atoms with Crippen LogP contribution in [0, 0.1) is 17.0 Å². The SMILES string of the molecule is Cc1ccc([N+](=O)[O-])cc1C(N)c1ccc(Cl)cc1. The Balaban J connectivity index is 2.42. The zero-order chi connectivity index (χ0) is 14.0. The Kier molecular flexibility index (Phi) is 3.83. The van der Waals surface area contributed by atoms with Crippen LogP contribution in [0.2, 0.25) is 5.02 Å². The summed E-state index contributed by atoms with van der Waals surface area (Å²) in [4.78, 5) is 10.4. The Morgan fingerprint density at radius 2 is 1.84 bits per heavy atom. The van der Waals surface area contributed by atoms with Gasteiger partial charge in [0.15, 0.2) is 0 Å². The monoisotopic (exact) mass is 276 g/mol. The summed E-state index contributed by atoms with van der Waals surface area (Å²) in [5, 5.41) is 11.4. The molecule has 0 aliphatic carbocycles. The molecule has 0 aliphatic rings. The molecule has 4 nitrogen and oxygen atoms in total. The number of aryl methyl sites for hydroxylation is 1.